The van der Waals surface area contributed by atoms with E-state index < -0.39 is 6.04 Å². The maximum Gasteiger partial charge on any atom is 0.291 e. The molecule has 0 bridgehead atoms. The Balaban J connectivity index is 1.71. The van der Waals surface area contributed by atoms with Crippen LogP contribution in [0.1, 0.15) is 58.4 Å². The molecule has 160 valence electrons. The first kappa shape index (κ1) is 21.9. The van der Waals surface area contributed by atoms with Crippen LogP contribution in [0.3, 0.4) is 0 Å². The first-order chi connectivity index (χ1) is 14.3. The Hall–Kier alpha value is -2.83. The maximum absolute atomic E-state index is 12.7. The van der Waals surface area contributed by atoms with Gasteiger partial charge in [-0.3, -0.25) is 14.4 Å². The van der Waals surface area contributed by atoms with E-state index in [1.54, 1.807) is 0 Å². The SMILES string of the molecule is CC(=O)N[C@@H](CC(C)C)C(=O)Nc1cccc(CC2N=NC(=O)C3=C2CCCC3)c1. The van der Waals surface area contributed by atoms with E-state index in [1.165, 1.54) is 6.92 Å². The van der Waals surface area contributed by atoms with Crippen LogP contribution in [0.25, 0.3) is 0 Å². The molecule has 7 heteroatoms. The average Bonchev–Trinajstić information content (AvgIpc) is 2.69. The van der Waals surface area contributed by atoms with Crippen molar-refractivity contribution in [1.29, 1.82) is 0 Å². The number of hydrogen-bond donors (Lipinski definition) is 2. The van der Waals surface area contributed by atoms with Gasteiger partial charge in [-0.1, -0.05) is 26.0 Å². The van der Waals surface area contributed by atoms with Crippen molar-refractivity contribution in [2.24, 2.45) is 16.1 Å². The molecule has 2 atom stereocenters. The molecule has 3 rings (SSSR count). The summed E-state index contributed by atoms with van der Waals surface area (Å²) in [5.41, 5.74) is 3.66. The number of nitrogens with one attached hydrogen (secondary N) is 2. The van der Waals surface area contributed by atoms with E-state index in [1.807, 2.05) is 38.1 Å². The Morgan fingerprint density at radius 1 is 1.20 bits per heavy atom. The molecular weight excluding hydrogens is 380 g/mol. The van der Waals surface area contributed by atoms with Crippen molar-refractivity contribution in [2.75, 3.05) is 5.32 Å². The molecule has 1 aromatic rings. The van der Waals surface area contributed by atoms with E-state index >= 15 is 0 Å². The van der Waals surface area contributed by atoms with Gasteiger partial charge in [0, 0.05) is 24.6 Å². The number of rotatable bonds is 7. The van der Waals surface area contributed by atoms with Gasteiger partial charge in [0.15, 0.2) is 0 Å². The molecule has 0 spiro atoms. The second-order valence-electron chi connectivity index (χ2n) is 8.52. The van der Waals surface area contributed by atoms with Gasteiger partial charge in [0.1, 0.15) is 6.04 Å². The van der Waals surface area contributed by atoms with E-state index in [9.17, 15) is 14.4 Å². The van der Waals surface area contributed by atoms with Gasteiger partial charge in [-0.15, -0.1) is 5.11 Å². The highest BCUT2D eigenvalue weighted by Gasteiger charge is 2.29. The lowest BCUT2D eigenvalue weighted by atomic mass is 9.84. The topological polar surface area (TPSA) is 100.0 Å². The zero-order chi connectivity index (χ0) is 21.7. The number of hydrogen-bond acceptors (Lipinski definition) is 4. The third-order valence-corrected chi connectivity index (χ3v) is 5.48. The van der Waals surface area contributed by atoms with Crippen molar-refractivity contribution in [2.45, 2.75) is 71.4 Å². The molecule has 2 aliphatic rings. The summed E-state index contributed by atoms with van der Waals surface area (Å²) in [7, 11) is 0. The number of benzene rings is 1. The minimum Gasteiger partial charge on any atom is -0.345 e. The first-order valence-electron chi connectivity index (χ1n) is 10.7. The fourth-order valence-electron chi connectivity index (χ4n) is 4.13. The first-order valence-corrected chi connectivity index (χ1v) is 10.7. The van der Waals surface area contributed by atoms with Gasteiger partial charge in [0.05, 0.1) is 6.04 Å². The minimum absolute atomic E-state index is 0.114. The van der Waals surface area contributed by atoms with Crippen LogP contribution in [0.4, 0.5) is 5.69 Å². The molecule has 3 amide bonds. The van der Waals surface area contributed by atoms with Gasteiger partial charge in [0.25, 0.3) is 5.91 Å². The molecule has 30 heavy (non-hydrogen) atoms. The quantitative estimate of drug-likeness (QED) is 0.712. The van der Waals surface area contributed by atoms with Crippen molar-refractivity contribution in [3.8, 4) is 0 Å². The Morgan fingerprint density at radius 2 is 1.97 bits per heavy atom. The van der Waals surface area contributed by atoms with Crippen LogP contribution >= 0.6 is 0 Å². The number of azo groups is 1. The van der Waals surface area contributed by atoms with E-state index in [2.05, 4.69) is 20.9 Å². The second-order valence-corrected chi connectivity index (χ2v) is 8.52. The summed E-state index contributed by atoms with van der Waals surface area (Å²) in [5.74, 6) is -0.359. The summed E-state index contributed by atoms with van der Waals surface area (Å²) < 4.78 is 0. The van der Waals surface area contributed by atoms with Gasteiger partial charge < -0.3 is 10.6 Å². The molecule has 0 aromatic heterocycles. The Kier molecular flexibility index (Phi) is 7.13. The summed E-state index contributed by atoms with van der Waals surface area (Å²) in [4.78, 5) is 36.2. The van der Waals surface area contributed by atoms with Gasteiger partial charge in [-0.25, -0.2) is 0 Å². The van der Waals surface area contributed by atoms with Crippen LogP contribution in [0.15, 0.2) is 45.6 Å². The Bertz CT molecular complexity index is 888. The number of carbonyl (C=O) groups excluding carboxylic acids is 3. The van der Waals surface area contributed by atoms with E-state index in [4.69, 9.17) is 0 Å². The average molecular weight is 411 g/mol. The summed E-state index contributed by atoms with van der Waals surface area (Å²) >= 11 is 0. The third kappa shape index (κ3) is 5.62. The third-order valence-electron chi connectivity index (χ3n) is 5.48. The molecule has 7 nitrogen and oxygen atoms in total. The molecule has 2 N–H and O–H groups in total. The zero-order valence-corrected chi connectivity index (χ0v) is 17.9. The molecule has 1 unspecified atom stereocenters. The highest BCUT2D eigenvalue weighted by molar-refractivity contribution is 5.97. The fraction of sp³-hybridized carbons (Fsp3) is 0.522. The van der Waals surface area contributed by atoms with E-state index in [0.717, 1.165) is 42.4 Å². The summed E-state index contributed by atoms with van der Waals surface area (Å²) in [5, 5.41) is 13.8. The fourth-order valence-corrected chi connectivity index (χ4v) is 4.13. The molecule has 1 aliphatic heterocycles. The standard InChI is InChI=1S/C23H30N4O3/c1-14(2)11-21(24-15(3)28)23(30)25-17-8-6-7-16(12-17)13-20-18-9-4-5-10-19(18)22(29)27-26-20/h6-8,12,14,20-21H,4-5,9-11,13H2,1-3H3,(H,24,28)(H,25,30)/t20?,21-/m0/s1. The normalized spacial score (nSPS) is 19.5. The lowest BCUT2D eigenvalue weighted by Gasteiger charge is -2.26. The number of amides is 3. The van der Waals surface area contributed by atoms with Crippen molar-refractivity contribution in [1.82, 2.24) is 5.32 Å². The van der Waals surface area contributed by atoms with Gasteiger partial charge in [0.2, 0.25) is 11.8 Å². The second kappa shape index (κ2) is 9.78. The maximum atomic E-state index is 12.7. The molecule has 1 aliphatic carbocycles. The van der Waals surface area contributed by atoms with Gasteiger partial charge in [-0.2, -0.15) is 5.11 Å². The molecule has 1 aromatic carbocycles. The summed E-state index contributed by atoms with van der Waals surface area (Å²) in [6.45, 7) is 5.44. The molecule has 0 saturated heterocycles. The highest BCUT2D eigenvalue weighted by atomic mass is 16.2. The van der Waals surface area contributed by atoms with Crippen molar-refractivity contribution in [3.63, 3.8) is 0 Å². The largest absolute Gasteiger partial charge is 0.345 e. The lowest BCUT2D eigenvalue weighted by Crippen LogP contribution is -2.43. The van der Waals surface area contributed by atoms with E-state index in [0.29, 0.717) is 18.5 Å². The lowest BCUT2D eigenvalue weighted by molar-refractivity contribution is -0.125. The minimum atomic E-state index is -0.570. The molecule has 0 fully saturated rings. The van der Waals surface area contributed by atoms with Crippen LogP contribution in [0.2, 0.25) is 0 Å². The summed E-state index contributed by atoms with van der Waals surface area (Å²) in [6, 6.07) is 6.95. The van der Waals surface area contributed by atoms with Gasteiger partial charge in [-0.05, 0) is 61.3 Å². The molecular formula is C23H30N4O3. The van der Waals surface area contributed by atoms with Crippen molar-refractivity contribution < 1.29 is 14.4 Å². The monoisotopic (exact) mass is 410 g/mol. The molecule has 0 radical (unpaired) electrons. The molecule has 1 heterocycles. The van der Waals surface area contributed by atoms with Crippen LogP contribution in [-0.4, -0.2) is 29.8 Å². The predicted octanol–water partition coefficient (Wildman–Crippen LogP) is 3.95. The van der Waals surface area contributed by atoms with Crippen LogP contribution in [0, 0.1) is 5.92 Å². The van der Waals surface area contributed by atoms with Gasteiger partial charge >= 0.3 is 0 Å². The number of carbonyl (C=O) groups is 3. The predicted molar refractivity (Wildman–Crippen MR) is 115 cm³/mol. The Morgan fingerprint density at radius 3 is 2.70 bits per heavy atom. The molecule has 0 saturated carbocycles. The van der Waals surface area contributed by atoms with Crippen LogP contribution in [0.5, 0.6) is 0 Å². The number of nitrogens with zero attached hydrogens (tertiary/aromatic N) is 2. The Labute approximate surface area is 177 Å². The smallest absolute Gasteiger partial charge is 0.291 e. The summed E-state index contributed by atoms with van der Waals surface area (Å²) in [6.07, 6.45) is 5.00. The van der Waals surface area contributed by atoms with Crippen LogP contribution < -0.4 is 10.6 Å². The van der Waals surface area contributed by atoms with Crippen molar-refractivity contribution in [3.05, 3.63) is 41.0 Å². The van der Waals surface area contributed by atoms with Crippen LogP contribution in [-0.2, 0) is 20.8 Å². The highest BCUT2D eigenvalue weighted by Crippen LogP contribution is 2.33. The van der Waals surface area contributed by atoms with E-state index in [-0.39, 0.29) is 29.7 Å². The van der Waals surface area contributed by atoms with Crippen molar-refractivity contribution >= 4 is 23.4 Å². The number of anilines is 1. The zero-order valence-electron chi connectivity index (χ0n) is 17.9.